The number of rotatable bonds is 5. The third-order valence-corrected chi connectivity index (χ3v) is 3.24. The second-order valence-corrected chi connectivity index (χ2v) is 4.58. The quantitative estimate of drug-likeness (QED) is 0.916. The first-order valence-electron chi connectivity index (χ1n) is 7.06. The lowest BCUT2D eigenvalue weighted by Gasteiger charge is -2.19. The molecule has 0 aliphatic heterocycles. The average molecular weight is 295 g/mol. The van der Waals surface area contributed by atoms with Crippen LogP contribution in [-0.2, 0) is 0 Å². The van der Waals surface area contributed by atoms with Crippen LogP contribution in [0, 0.1) is 11.3 Å². The van der Waals surface area contributed by atoms with Crippen LogP contribution >= 0.6 is 0 Å². The summed E-state index contributed by atoms with van der Waals surface area (Å²) in [6, 6.07) is 10.3. The van der Waals surface area contributed by atoms with Crippen molar-refractivity contribution in [3.63, 3.8) is 0 Å². The minimum atomic E-state index is -0.304. The van der Waals surface area contributed by atoms with Gasteiger partial charge in [-0.1, -0.05) is 6.07 Å². The van der Waals surface area contributed by atoms with Crippen molar-refractivity contribution in [1.82, 2.24) is 9.97 Å². The molecule has 6 nitrogen and oxygen atoms in total. The number of amides is 1. The summed E-state index contributed by atoms with van der Waals surface area (Å²) in [6.45, 7) is 5.73. The molecule has 1 heterocycles. The van der Waals surface area contributed by atoms with Crippen molar-refractivity contribution in [3.8, 4) is 6.07 Å². The van der Waals surface area contributed by atoms with Crippen molar-refractivity contribution in [3.05, 3.63) is 47.8 Å². The summed E-state index contributed by atoms with van der Waals surface area (Å²) in [4.78, 5) is 22.5. The first-order valence-corrected chi connectivity index (χ1v) is 7.06. The maximum atomic E-state index is 12.2. The summed E-state index contributed by atoms with van der Waals surface area (Å²) in [5.74, 6) is 0.895. The molecular weight excluding hydrogens is 278 g/mol. The van der Waals surface area contributed by atoms with Gasteiger partial charge in [0.15, 0.2) is 0 Å². The molecule has 6 heteroatoms. The standard InChI is InChI=1S/C16H17N5O/c1-3-21(4-2)15-9-14(18-11-19-15)20-16(22)13-7-5-6-12(8-13)10-17/h5-9,11H,3-4H2,1-2H3,(H,18,19,20,22). The number of carbonyl (C=O) groups excluding carboxylic acids is 1. The van der Waals surface area contributed by atoms with Crippen LogP contribution in [0.15, 0.2) is 36.7 Å². The zero-order valence-corrected chi connectivity index (χ0v) is 12.6. The second kappa shape index (κ2) is 7.18. The SMILES string of the molecule is CCN(CC)c1cc(NC(=O)c2cccc(C#N)c2)ncn1. The van der Waals surface area contributed by atoms with E-state index in [1.807, 2.05) is 19.9 Å². The van der Waals surface area contributed by atoms with Crippen LogP contribution in [0.2, 0.25) is 0 Å². The van der Waals surface area contributed by atoms with E-state index in [-0.39, 0.29) is 5.91 Å². The summed E-state index contributed by atoms with van der Waals surface area (Å²) in [5.41, 5.74) is 0.862. The van der Waals surface area contributed by atoms with Crippen LogP contribution in [0.4, 0.5) is 11.6 Å². The van der Waals surface area contributed by atoms with Gasteiger partial charge in [-0.15, -0.1) is 0 Å². The number of benzene rings is 1. The van der Waals surface area contributed by atoms with Crippen LogP contribution in [0.25, 0.3) is 0 Å². The minimum absolute atomic E-state index is 0.304. The third kappa shape index (κ3) is 3.58. The number of nitriles is 1. The van der Waals surface area contributed by atoms with E-state index in [0.29, 0.717) is 16.9 Å². The molecule has 0 aliphatic rings. The molecule has 0 saturated heterocycles. The Kier molecular flexibility index (Phi) is 5.04. The smallest absolute Gasteiger partial charge is 0.256 e. The fourth-order valence-electron chi connectivity index (χ4n) is 2.05. The van der Waals surface area contributed by atoms with Crippen LogP contribution in [-0.4, -0.2) is 29.0 Å². The predicted octanol–water partition coefficient (Wildman–Crippen LogP) is 2.45. The molecule has 22 heavy (non-hydrogen) atoms. The molecule has 0 atom stereocenters. The Labute approximate surface area is 129 Å². The fraction of sp³-hybridized carbons (Fsp3) is 0.250. The Morgan fingerprint density at radius 3 is 2.73 bits per heavy atom. The monoisotopic (exact) mass is 295 g/mol. The van der Waals surface area contributed by atoms with Crippen molar-refractivity contribution in [2.75, 3.05) is 23.3 Å². The van der Waals surface area contributed by atoms with Gasteiger partial charge < -0.3 is 10.2 Å². The maximum absolute atomic E-state index is 12.2. The predicted molar refractivity (Wildman–Crippen MR) is 84.7 cm³/mol. The van der Waals surface area contributed by atoms with Gasteiger partial charge in [0.05, 0.1) is 11.6 Å². The highest BCUT2D eigenvalue weighted by Gasteiger charge is 2.10. The van der Waals surface area contributed by atoms with Gasteiger partial charge in [0, 0.05) is 24.7 Å². The number of hydrogen-bond donors (Lipinski definition) is 1. The maximum Gasteiger partial charge on any atom is 0.256 e. The van der Waals surface area contributed by atoms with E-state index in [9.17, 15) is 4.79 Å². The van der Waals surface area contributed by atoms with Crippen LogP contribution < -0.4 is 10.2 Å². The van der Waals surface area contributed by atoms with Gasteiger partial charge in [-0.3, -0.25) is 4.79 Å². The Balaban J connectivity index is 2.18. The molecule has 2 aromatic rings. The van der Waals surface area contributed by atoms with Crippen molar-refractivity contribution in [2.45, 2.75) is 13.8 Å². The van der Waals surface area contributed by atoms with E-state index >= 15 is 0 Å². The lowest BCUT2D eigenvalue weighted by molar-refractivity contribution is 0.102. The zero-order valence-electron chi connectivity index (χ0n) is 12.6. The molecule has 0 radical (unpaired) electrons. The van der Waals surface area contributed by atoms with Crippen LogP contribution in [0.3, 0.4) is 0 Å². The number of carbonyl (C=O) groups is 1. The van der Waals surface area contributed by atoms with Crippen LogP contribution in [0.5, 0.6) is 0 Å². The highest BCUT2D eigenvalue weighted by molar-refractivity contribution is 6.04. The van der Waals surface area contributed by atoms with E-state index in [1.165, 1.54) is 6.33 Å². The fourth-order valence-corrected chi connectivity index (χ4v) is 2.05. The van der Waals surface area contributed by atoms with Gasteiger partial charge in [0.2, 0.25) is 0 Å². The average Bonchev–Trinajstić information content (AvgIpc) is 2.56. The molecule has 1 amide bonds. The van der Waals surface area contributed by atoms with E-state index in [1.54, 1.807) is 30.3 Å². The normalized spacial score (nSPS) is 9.86. The molecule has 2 rings (SSSR count). The Morgan fingerprint density at radius 1 is 1.27 bits per heavy atom. The van der Waals surface area contributed by atoms with Crippen molar-refractivity contribution < 1.29 is 4.79 Å². The summed E-state index contributed by atoms with van der Waals surface area (Å²) in [6.07, 6.45) is 1.43. The molecule has 1 aromatic heterocycles. The van der Waals surface area contributed by atoms with Gasteiger partial charge in [-0.2, -0.15) is 5.26 Å². The number of aromatic nitrogens is 2. The first-order chi connectivity index (χ1) is 10.7. The van der Waals surface area contributed by atoms with E-state index in [2.05, 4.69) is 20.2 Å². The minimum Gasteiger partial charge on any atom is -0.357 e. The highest BCUT2D eigenvalue weighted by atomic mass is 16.1. The molecule has 0 saturated carbocycles. The Hall–Kier alpha value is -2.94. The number of nitrogens with one attached hydrogen (secondary N) is 1. The lowest BCUT2D eigenvalue weighted by Crippen LogP contribution is -2.23. The number of hydrogen-bond acceptors (Lipinski definition) is 5. The number of nitrogens with zero attached hydrogens (tertiary/aromatic N) is 4. The van der Waals surface area contributed by atoms with Gasteiger partial charge >= 0.3 is 0 Å². The lowest BCUT2D eigenvalue weighted by atomic mass is 10.1. The third-order valence-electron chi connectivity index (χ3n) is 3.24. The largest absolute Gasteiger partial charge is 0.357 e. The van der Waals surface area contributed by atoms with Crippen molar-refractivity contribution >= 4 is 17.5 Å². The summed E-state index contributed by atoms with van der Waals surface area (Å²) in [7, 11) is 0. The Morgan fingerprint density at radius 2 is 2.05 bits per heavy atom. The molecule has 0 spiro atoms. The molecule has 0 aliphatic carbocycles. The van der Waals surface area contributed by atoms with Crippen molar-refractivity contribution in [2.24, 2.45) is 0 Å². The molecule has 1 N–H and O–H groups in total. The van der Waals surface area contributed by atoms with Crippen molar-refractivity contribution in [1.29, 1.82) is 5.26 Å². The van der Waals surface area contributed by atoms with Gasteiger partial charge in [0.1, 0.15) is 18.0 Å². The molecule has 0 unspecified atom stereocenters. The Bertz CT molecular complexity index is 704. The van der Waals surface area contributed by atoms with E-state index in [4.69, 9.17) is 5.26 Å². The summed E-state index contributed by atoms with van der Waals surface area (Å²) >= 11 is 0. The summed E-state index contributed by atoms with van der Waals surface area (Å²) < 4.78 is 0. The number of anilines is 2. The highest BCUT2D eigenvalue weighted by Crippen LogP contribution is 2.15. The molecular formula is C16H17N5O. The second-order valence-electron chi connectivity index (χ2n) is 4.58. The van der Waals surface area contributed by atoms with Gasteiger partial charge in [0.25, 0.3) is 5.91 Å². The molecule has 0 fully saturated rings. The summed E-state index contributed by atoms with van der Waals surface area (Å²) in [5, 5.41) is 11.6. The molecule has 1 aromatic carbocycles. The van der Waals surface area contributed by atoms with Gasteiger partial charge in [-0.05, 0) is 32.0 Å². The molecule has 112 valence electrons. The van der Waals surface area contributed by atoms with Gasteiger partial charge in [-0.25, -0.2) is 9.97 Å². The van der Waals surface area contributed by atoms with E-state index in [0.717, 1.165) is 18.9 Å². The topological polar surface area (TPSA) is 81.9 Å². The van der Waals surface area contributed by atoms with E-state index < -0.39 is 0 Å². The zero-order chi connectivity index (χ0) is 15.9. The van der Waals surface area contributed by atoms with Crippen LogP contribution in [0.1, 0.15) is 29.8 Å². The molecule has 0 bridgehead atoms. The first kappa shape index (κ1) is 15.4.